The molecule has 2 aromatic heterocycles. The van der Waals surface area contributed by atoms with Crippen LogP contribution in [0.3, 0.4) is 0 Å². The standard InChI is InChI=1S/C36H46FN7O4/c1-4-44(24(2)3)35(45)28-15-25(37)5-6-31(28)48-33-19-39-23-41-34(33)43-21-36(22-43)16-27(17-36)47-32-7-10-40-30-9-13-42(20-29(30)32)12-8-26-18-38-11-14-46-26/h5-7,10,15,19,23-24,26-27,38H,4,8-9,11-14,16-18,20-22H2,1-3H3/t26-/m1/s1. The van der Waals surface area contributed by atoms with Gasteiger partial charge < -0.3 is 29.3 Å². The quantitative estimate of drug-likeness (QED) is 0.317. The van der Waals surface area contributed by atoms with Crippen LogP contribution in [0.15, 0.2) is 43.0 Å². The number of carbonyl (C=O) groups is 1. The lowest BCUT2D eigenvalue weighted by atomic mass is 9.61. The molecule has 1 N–H and O–H groups in total. The zero-order valence-corrected chi connectivity index (χ0v) is 28.2. The van der Waals surface area contributed by atoms with Gasteiger partial charge in [0, 0.05) is 87.7 Å². The third kappa shape index (κ3) is 6.83. The van der Waals surface area contributed by atoms with Crippen LogP contribution in [-0.4, -0.2) is 101 Å². The second-order valence-corrected chi connectivity index (χ2v) is 13.9. The Kier molecular flexibility index (Phi) is 9.48. The van der Waals surface area contributed by atoms with Gasteiger partial charge in [0.05, 0.1) is 24.5 Å². The molecule has 11 nitrogen and oxygen atoms in total. The van der Waals surface area contributed by atoms with Gasteiger partial charge in [-0.05, 0) is 64.3 Å². The van der Waals surface area contributed by atoms with E-state index in [1.165, 1.54) is 30.1 Å². The SMILES string of the molecule is CCN(C(=O)c1cc(F)ccc1Oc1cncnc1N1CC2(CC(Oc3ccnc4c3CN(CC[C@@H]3CNCCO3)CC4)C2)C1)C(C)C. The van der Waals surface area contributed by atoms with Crippen LogP contribution in [0.25, 0.3) is 0 Å². The second-order valence-electron chi connectivity index (χ2n) is 13.9. The lowest BCUT2D eigenvalue weighted by Crippen LogP contribution is -2.65. The molecule has 4 aliphatic rings. The van der Waals surface area contributed by atoms with Gasteiger partial charge in [-0.1, -0.05) is 0 Å². The van der Waals surface area contributed by atoms with Crippen molar-refractivity contribution >= 4 is 11.7 Å². The Balaban J connectivity index is 0.962. The Morgan fingerprint density at radius 3 is 2.81 bits per heavy atom. The number of carbonyl (C=O) groups excluding carboxylic acids is 1. The molecule has 5 heterocycles. The first-order chi connectivity index (χ1) is 23.3. The predicted octanol–water partition coefficient (Wildman–Crippen LogP) is 4.46. The van der Waals surface area contributed by atoms with Gasteiger partial charge in [0.2, 0.25) is 0 Å². The number of pyridine rings is 1. The number of nitrogens with one attached hydrogen (secondary N) is 1. The van der Waals surface area contributed by atoms with Gasteiger partial charge in [-0.25, -0.2) is 14.4 Å². The van der Waals surface area contributed by atoms with Crippen molar-refractivity contribution in [2.24, 2.45) is 5.41 Å². The third-order valence-corrected chi connectivity index (χ3v) is 10.2. The van der Waals surface area contributed by atoms with Crippen molar-refractivity contribution < 1.29 is 23.4 Å². The molecule has 0 bridgehead atoms. The first-order valence-electron chi connectivity index (χ1n) is 17.3. The number of hydrogen-bond acceptors (Lipinski definition) is 10. The molecule has 2 saturated heterocycles. The number of hydrogen-bond donors (Lipinski definition) is 1. The fourth-order valence-corrected chi connectivity index (χ4v) is 7.64. The van der Waals surface area contributed by atoms with Crippen molar-refractivity contribution in [3.05, 3.63) is 65.6 Å². The van der Waals surface area contributed by atoms with Crippen molar-refractivity contribution in [1.29, 1.82) is 0 Å². The van der Waals surface area contributed by atoms with Crippen LogP contribution in [0.4, 0.5) is 10.2 Å². The number of fused-ring (bicyclic) bond motifs is 1. The highest BCUT2D eigenvalue weighted by Crippen LogP contribution is 2.52. The smallest absolute Gasteiger partial charge is 0.257 e. The Labute approximate surface area is 281 Å². The van der Waals surface area contributed by atoms with E-state index < -0.39 is 5.82 Å². The van der Waals surface area contributed by atoms with Crippen molar-refractivity contribution in [1.82, 2.24) is 30.1 Å². The first kappa shape index (κ1) is 32.7. The molecule has 1 amide bonds. The van der Waals surface area contributed by atoms with Crippen molar-refractivity contribution in [3.8, 4) is 17.2 Å². The molecule has 3 aliphatic heterocycles. The van der Waals surface area contributed by atoms with Crippen LogP contribution >= 0.6 is 0 Å². The molecule has 7 rings (SSSR count). The number of halogens is 1. The minimum absolute atomic E-state index is 0.0371. The fourth-order valence-electron chi connectivity index (χ4n) is 7.64. The van der Waals surface area contributed by atoms with Crippen LogP contribution in [-0.2, 0) is 17.7 Å². The number of nitrogens with zero attached hydrogens (tertiary/aromatic N) is 6. The van der Waals surface area contributed by atoms with Crippen LogP contribution in [0, 0.1) is 11.2 Å². The summed E-state index contributed by atoms with van der Waals surface area (Å²) in [6, 6.07) is 6.02. The van der Waals surface area contributed by atoms with Crippen LogP contribution in [0.2, 0.25) is 0 Å². The molecule has 0 radical (unpaired) electrons. The molecule has 12 heteroatoms. The summed E-state index contributed by atoms with van der Waals surface area (Å²) >= 11 is 0. The summed E-state index contributed by atoms with van der Waals surface area (Å²) in [5.74, 6) is 1.57. The summed E-state index contributed by atoms with van der Waals surface area (Å²) < 4.78 is 33.1. The van der Waals surface area contributed by atoms with E-state index in [9.17, 15) is 9.18 Å². The molecule has 256 valence electrons. The van der Waals surface area contributed by atoms with Crippen molar-refractivity contribution in [2.45, 2.75) is 71.2 Å². The highest BCUT2D eigenvalue weighted by molar-refractivity contribution is 5.97. The molecule has 1 spiro atoms. The van der Waals surface area contributed by atoms with Gasteiger partial charge in [0.15, 0.2) is 11.6 Å². The monoisotopic (exact) mass is 659 g/mol. The maximum atomic E-state index is 14.3. The minimum Gasteiger partial charge on any atom is -0.490 e. The summed E-state index contributed by atoms with van der Waals surface area (Å²) in [7, 11) is 0. The molecular weight excluding hydrogens is 613 g/mol. The Morgan fingerprint density at radius 1 is 1.19 bits per heavy atom. The summed E-state index contributed by atoms with van der Waals surface area (Å²) in [5, 5.41) is 3.42. The van der Waals surface area contributed by atoms with Crippen LogP contribution in [0.1, 0.15) is 61.6 Å². The summed E-state index contributed by atoms with van der Waals surface area (Å²) in [6.45, 7) is 13.5. The van der Waals surface area contributed by atoms with E-state index in [0.717, 1.165) is 89.5 Å². The fraction of sp³-hybridized carbons (Fsp3) is 0.556. The number of anilines is 1. The maximum absolute atomic E-state index is 14.3. The minimum atomic E-state index is -0.492. The van der Waals surface area contributed by atoms with Gasteiger partial charge in [0.25, 0.3) is 5.91 Å². The van der Waals surface area contributed by atoms with E-state index in [0.29, 0.717) is 18.1 Å². The van der Waals surface area contributed by atoms with Crippen molar-refractivity contribution in [2.75, 3.05) is 57.3 Å². The number of rotatable bonds is 11. The molecule has 0 unspecified atom stereocenters. The Morgan fingerprint density at radius 2 is 2.04 bits per heavy atom. The lowest BCUT2D eigenvalue weighted by molar-refractivity contribution is -0.0353. The van der Waals surface area contributed by atoms with Gasteiger partial charge in [-0.3, -0.25) is 14.7 Å². The summed E-state index contributed by atoms with van der Waals surface area (Å²) in [6.07, 6.45) is 9.33. The van der Waals surface area contributed by atoms with Gasteiger partial charge in [-0.2, -0.15) is 0 Å². The number of ether oxygens (including phenoxy) is 3. The average Bonchev–Trinajstić information content (AvgIpc) is 3.06. The van der Waals surface area contributed by atoms with Crippen LogP contribution < -0.4 is 19.7 Å². The number of amides is 1. The molecular formula is C36H46FN7O4. The lowest BCUT2D eigenvalue weighted by Gasteiger charge is -2.59. The van der Waals surface area contributed by atoms with Crippen LogP contribution in [0.5, 0.6) is 17.2 Å². The van der Waals surface area contributed by atoms with E-state index in [-0.39, 0.29) is 40.9 Å². The number of aromatic nitrogens is 3. The zero-order valence-electron chi connectivity index (χ0n) is 28.2. The van der Waals surface area contributed by atoms with E-state index in [1.807, 2.05) is 33.0 Å². The van der Waals surface area contributed by atoms with Gasteiger partial charge in [-0.15, -0.1) is 0 Å². The molecule has 1 aliphatic carbocycles. The summed E-state index contributed by atoms with van der Waals surface area (Å²) in [5.41, 5.74) is 2.71. The van der Waals surface area contributed by atoms with Gasteiger partial charge in [0.1, 0.15) is 29.7 Å². The largest absolute Gasteiger partial charge is 0.490 e. The second kappa shape index (κ2) is 13.9. The van der Waals surface area contributed by atoms with E-state index >= 15 is 0 Å². The Bertz CT molecular complexity index is 1600. The van der Waals surface area contributed by atoms with Crippen molar-refractivity contribution in [3.63, 3.8) is 0 Å². The maximum Gasteiger partial charge on any atom is 0.257 e. The molecule has 3 aromatic rings. The highest BCUT2D eigenvalue weighted by atomic mass is 19.1. The topological polar surface area (TPSA) is 105 Å². The van der Waals surface area contributed by atoms with E-state index in [1.54, 1.807) is 11.1 Å². The Hall–Kier alpha value is -3.87. The highest BCUT2D eigenvalue weighted by Gasteiger charge is 2.54. The third-order valence-electron chi connectivity index (χ3n) is 10.2. The normalized spacial score (nSPS) is 20.6. The number of benzene rings is 1. The van der Waals surface area contributed by atoms with E-state index in [4.69, 9.17) is 14.2 Å². The molecule has 1 saturated carbocycles. The summed E-state index contributed by atoms with van der Waals surface area (Å²) in [4.78, 5) is 33.1. The molecule has 3 fully saturated rings. The van der Waals surface area contributed by atoms with E-state index in [2.05, 4.69) is 30.1 Å². The average molecular weight is 660 g/mol. The molecule has 1 atom stereocenters. The molecule has 1 aromatic carbocycles. The first-order valence-corrected chi connectivity index (χ1v) is 17.3. The number of morpholine rings is 1. The van der Waals surface area contributed by atoms with Gasteiger partial charge >= 0.3 is 0 Å². The predicted molar refractivity (Wildman–Crippen MR) is 179 cm³/mol. The zero-order chi connectivity index (χ0) is 33.3. The molecule has 48 heavy (non-hydrogen) atoms.